The number of carbonyl (C=O) groups is 3. The van der Waals surface area contributed by atoms with E-state index in [2.05, 4.69) is 5.32 Å². The zero-order valence-electron chi connectivity index (χ0n) is 14.1. The number of halogens is 1. The molecule has 1 saturated heterocycles. The number of anilines is 1. The second kappa shape index (κ2) is 8.06. The number of carboxylic acid groups (broad SMARTS) is 1. The average Bonchev–Trinajstić information content (AvgIpc) is 3.04. The number of rotatable bonds is 6. The van der Waals surface area contributed by atoms with Crippen LogP contribution < -0.4 is 5.32 Å². The third kappa shape index (κ3) is 4.99. The summed E-state index contributed by atoms with van der Waals surface area (Å²) in [5.41, 5.74) is 0.422. The standard InChI is InChI=1S/C17H21FN2O5/c1-10(2)20(16(22)13-7-8-14(25-13)17(23)24)9-15(21)19-12-5-3-11(18)4-6-12/h3-6,10,13-14H,7-9H2,1-2H3,(H,19,21)(H,23,24)/t13-,14+/m0/s1. The minimum absolute atomic E-state index is 0.203. The summed E-state index contributed by atoms with van der Waals surface area (Å²) < 4.78 is 18.2. The van der Waals surface area contributed by atoms with Crippen LogP contribution in [-0.2, 0) is 19.1 Å². The van der Waals surface area contributed by atoms with Gasteiger partial charge < -0.3 is 20.1 Å². The molecule has 1 heterocycles. The van der Waals surface area contributed by atoms with Crippen LogP contribution in [0.15, 0.2) is 24.3 Å². The van der Waals surface area contributed by atoms with Crippen molar-refractivity contribution in [2.45, 2.75) is 44.9 Å². The topological polar surface area (TPSA) is 95.9 Å². The summed E-state index contributed by atoms with van der Waals surface area (Å²) in [7, 11) is 0. The van der Waals surface area contributed by atoms with E-state index in [1.807, 2.05) is 0 Å². The molecule has 0 saturated carbocycles. The molecule has 136 valence electrons. The summed E-state index contributed by atoms with van der Waals surface area (Å²) in [4.78, 5) is 37.0. The highest BCUT2D eigenvalue weighted by molar-refractivity contribution is 5.95. The van der Waals surface area contributed by atoms with E-state index >= 15 is 0 Å². The number of benzene rings is 1. The lowest BCUT2D eigenvalue weighted by Crippen LogP contribution is -2.47. The Labute approximate surface area is 144 Å². The predicted molar refractivity (Wildman–Crippen MR) is 87.4 cm³/mol. The van der Waals surface area contributed by atoms with Gasteiger partial charge in [-0.05, 0) is 51.0 Å². The van der Waals surface area contributed by atoms with Gasteiger partial charge in [0, 0.05) is 11.7 Å². The van der Waals surface area contributed by atoms with E-state index in [1.54, 1.807) is 13.8 Å². The van der Waals surface area contributed by atoms with Gasteiger partial charge in [0.15, 0.2) is 6.10 Å². The Morgan fingerprint density at radius 3 is 2.36 bits per heavy atom. The van der Waals surface area contributed by atoms with Crippen molar-refractivity contribution in [2.75, 3.05) is 11.9 Å². The van der Waals surface area contributed by atoms with E-state index in [0.29, 0.717) is 12.1 Å². The van der Waals surface area contributed by atoms with Crippen molar-refractivity contribution in [2.24, 2.45) is 0 Å². The number of amides is 2. The molecule has 0 aliphatic carbocycles. The smallest absolute Gasteiger partial charge is 0.332 e. The molecule has 2 atom stereocenters. The molecule has 8 heteroatoms. The van der Waals surface area contributed by atoms with Crippen molar-refractivity contribution in [3.63, 3.8) is 0 Å². The minimum atomic E-state index is -1.10. The monoisotopic (exact) mass is 352 g/mol. The number of carbonyl (C=O) groups excluding carboxylic acids is 2. The molecular formula is C17H21FN2O5. The van der Waals surface area contributed by atoms with Crippen LogP contribution in [0.3, 0.4) is 0 Å². The first-order valence-corrected chi connectivity index (χ1v) is 8.02. The zero-order chi connectivity index (χ0) is 18.6. The molecular weight excluding hydrogens is 331 g/mol. The molecule has 2 N–H and O–H groups in total. The minimum Gasteiger partial charge on any atom is -0.479 e. The molecule has 1 aromatic rings. The molecule has 1 aliphatic rings. The number of hydrogen-bond acceptors (Lipinski definition) is 4. The van der Waals surface area contributed by atoms with Gasteiger partial charge in [0.05, 0.1) is 0 Å². The summed E-state index contributed by atoms with van der Waals surface area (Å²) in [6, 6.07) is 5.02. The molecule has 0 aromatic heterocycles. The van der Waals surface area contributed by atoms with Gasteiger partial charge in [-0.15, -0.1) is 0 Å². The van der Waals surface area contributed by atoms with Gasteiger partial charge in [-0.25, -0.2) is 9.18 Å². The van der Waals surface area contributed by atoms with Crippen LogP contribution in [0.25, 0.3) is 0 Å². The SMILES string of the molecule is CC(C)N(CC(=O)Nc1ccc(F)cc1)C(=O)[C@@H]1CC[C@H](C(=O)O)O1. The Kier molecular flexibility index (Phi) is 6.08. The second-order valence-corrected chi connectivity index (χ2v) is 6.14. The maximum atomic E-state index is 12.9. The third-order valence-corrected chi connectivity index (χ3v) is 3.92. The third-order valence-electron chi connectivity index (χ3n) is 3.92. The number of aliphatic carboxylic acids is 1. The molecule has 1 aromatic carbocycles. The largest absolute Gasteiger partial charge is 0.479 e. The van der Waals surface area contributed by atoms with Crippen LogP contribution in [-0.4, -0.2) is 52.6 Å². The van der Waals surface area contributed by atoms with Crippen LogP contribution in [0.4, 0.5) is 10.1 Å². The number of nitrogens with one attached hydrogen (secondary N) is 1. The molecule has 0 spiro atoms. The van der Waals surface area contributed by atoms with E-state index in [-0.39, 0.29) is 19.0 Å². The molecule has 0 unspecified atom stereocenters. The van der Waals surface area contributed by atoms with Crippen LogP contribution in [0.2, 0.25) is 0 Å². The quantitative estimate of drug-likeness (QED) is 0.811. The number of hydrogen-bond donors (Lipinski definition) is 2. The molecule has 0 bridgehead atoms. The lowest BCUT2D eigenvalue weighted by Gasteiger charge is -2.28. The Morgan fingerprint density at radius 1 is 1.24 bits per heavy atom. The van der Waals surface area contributed by atoms with E-state index in [4.69, 9.17) is 9.84 Å². The van der Waals surface area contributed by atoms with Gasteiger partial charge in [0.2, 0.25) is 5.91 Å². The fourth-order valence-corrected chi connectivity index (χ4v) is 2.59. The van der Waals surface area contributed by atoms with Gasteiger partial charge >= 0.3 is 5.97 Å². The maximum Gasteiger partial charge on any atom is 0.332 e. The number of carboxylic acids is 1. The lowest BCUT2D eigenvalue weighted by atomic mass is 10.1. The van der Waals surface area contributed by atoms with Crippen molar-refractivity contribution >= 4 is 23.5 Å². The van der Waals surface area contributed by atoms with Crippen molar-refractivity contribution in [1.29, 1.82) is 0 Å². The Balaban J connectivity index is 1.98. The highest BCUT2D eigenvalue weighted by atomic mass is 19.1. The Hall–Kier alpha value is -2.48. The number of ether oxygens (including phenoxy) is 1. The van der Waals surface area contributed by atoms with Gasteiger partial charge in [0.1, 0.15) is 18.5 Å². The summed E-state index contributed by atoms with van der Waals surface area (Å²) in [5.74, 6) is -2.35. The van der Waals surface area contributed by atoms with Crippen LogP contribution in [0.1, 0.15) is 26.7 Å². The van der Waals surface area contributed by atoms with E-state index in [1.165, 1.54) is 29.2 Å². The van der Waals surface area contributed by atoms with E-state index < -0.39 is 35.8 Å². The fraction of sp³-hybridized carbons (Fsp3) is 0.471. The van der Waals surface area contributed by atoms with Crippen LogP contribution in [0, 0.1) is 5.82 Å². The van der Waals surface area contributed by atoms with Crippen molar-refractivity contribution < 1.29 is 28.6 Å². The second-order valence-electron chi connectivity index (χ2n) is 6.14. The first-order valence-electron chi connectivity index (χ1n) is 8.02. The first-order chi connectivity index (χ1) is 11.8. The zero-order valence-corrected chi connectivity index (χ0v) is 14.1. The molecule has 1 aliphatic heterocycles. The van der Waals surface area contributed by atoms with Gasteiger partial charge in [0.25, 0.3) is 5.91 Å². The Bertz CT molecular complexity index is 647. The van der Waals surface area contributed by atoms with Gasteiger partial charge in [-0.2, -0.15) is 0 Å². The number of nitrogens with zero attached hydrogens (tertiary/aromatic N) is 1. The highest BCUT2D eigenvalue weighted by Crippen LogP contribution is 2.22. The summed E-state index contributed by atoms with van der Waals surface area (Å²) in [5, 5.41) is 11.5. The molecule has 1 fully saturated rings. The normalized spacial score (nSPS) is 19.7. The maximum absolute atomic E-state index is 12.9. The summed E-state index contributed by atoms with van der Waals surface area (Å²) >= 11 is 0. The van der Waals surface area contributed by atoms with E-state index in [0.717, 1.165) is 0 Å². The van der Waals surface area contributed by atoms with Gasteiger partial charge in [-0.3, -0.25) is 9.59 Å². The average molecular weight is 352 g/mol. The lowest BCUT2D eigenvalue weighted by molar-refractivity contribution is -0.156. The van der Waals surface area contributed by atoms with Crippen molar-refractivity contribution in [3.05, 3.63) is 30.1 Å². The molecule has 2 rings (SSSR count). The molecule has 0 radical (unpaired) electrons. The van der Waals surface area contributed by atoms with Crippen LogP contribution >= 0.6 is 0 Å². The summed E-state index contributed by atoms with van der Waals surface area (Å²) in [6.45, 7) is 3.31. The van der Waals surface area contributed by atoms with Crippen molar-refractivity contribution in [1.82, 2.24) is 4.90 Å². The van der Waals surface area contributed by atoms with E-state index in [9.17, 15) is 18.8 Å². The fourth-order valence-electron chi connectivity index (χ4n) is 2.59. The predicted octanol–water partition coefficient (Wildman–Crippen LogP) is 1.63. The highest BCUT2D eigenvalue weighted by Gasteiger charge is 2.37. The van der Waals surface area contributed by atoms with Crippen LogP contribution in [0.5, 0.6) is 0 Å². The molecule has 7 nitrogen and oxygen atoms in total. The Morgan fingerprint density at radius 2 is 1.84 bits per heavy atom. The van der Waals surface area contributed by atoms with Crippen molar-refractivity contribution in [3.8, 4) is 0 Å². The van der Waals surface area contributed by atoms with Gasteiger partial charge in [-0.1, -0.05) is 0 Å². The summed E-state index contributed by atoms with van der Waals surface area (Å²) in [6.07, 6.45) is -1.28. The first kappa shape index (κ1) is 18.9. The molecule has 25 heavy (non-hydrogen) atoms. The molecule has 2 amide bonds.